The molecule has 2 atom stereocenters. The Labute approximate surface area is 110 Å². The van der Waals surface area contributed by atoms with Gasteiger partial charge in [0.2, 0.25) is 11.8 Å². The zero-order chi connectivity index (χ0) is 13.8. The molecular weight excluding hydrogens is 250 g/mol. The second-order valence-electron chi connectivity index (χ2n) is 4.49. The molecule has 1 aliphatic rings. The molecule has 0 saturated heterocycles. The van der Waals surface area contributed by atoms with Gasteiger partial charge in [-0.05, 0) is 0 Å². The van der Waals surface area contributed by atoms with Crippen LogP contribution in [-0.2, 0) is 22.7 Å². The van der Waals surface area contributed by atoms with Crippen LogP contribution in [0.5, 0.6) is 0 Å². The molecule has 0 radical (unpaired) electrons. The molecular formula is C11H17N5O3. The molecule has 2 rings (SSSR count). The van der Waals surface area contributed by atoms with E-state index in [4.69, 9.17) is 5.73 Å². The summed E-state index contributed by atoms with van der Waals surface area (Å²) in [4.78, 5) is 26.8. The number of fused-ring (bicyclic) bond motifs is 1. The maximum absolute atomic E-state index is 12.0. The van der Waals surface area contributed by atoms with Gasteiger partial charge in [0.25, 0.3) is 0 Å². The molecule has 19 heavy (non-hydrogen) atoms. The Morgan fingerprint density at radius 2 is 2.47 bits per heavy atom. The molecule has 2 unspecified atom stereocenters. The summed E-state index contributed by atoms with van der Waals surface area (Å²) in [6, 6.07) is 0. The third-order valence-corrected chi connectivity index (χ3v) is 3.06. The van der Waals surface area contributed by atoms with Crippen molar-refractivity contribution >= 4 is 11.8 Å². The normalized spacial score (nSPS) is 20.2. The molecule has 0 aromatic carbocycles. The van der Waals surface area contributed by atoms with Crippen LogP contribution in [-0.4, -0.2) is 45.7 Å². The highest BCUT2D eigenvalue weighted by atomic mass is 16.3. The van der Waals surface area contributed by atoms with Crippen LogP contribution in [0.4, 0.5) is 0 Å². The number of nitrogens with zero attached hydrogens (tertiary/aromatic N) is 2. The Hall–Kier alpha value is -1.93. The predicted octanol–water partition coefficient (Wildman–Crippen LogP) is -2.44. The van der Waals surface area contributed by atoms with Gasteiger partial charge in [-0.1, -0.05) is 0 Å². The number of hydrogen-bond acceptors (Lipinski definition) is 5. The first-order valence-corrected chi connectivity index (χ1v) is 6.03. The summed E-state index contributed by atoms with van der Waals surface area (Å²) in [6.07, 6.45) is 2.15. The first-order valence-electron chi connectivity index (χ1n) is 6.03. The van der Waals surface area contributed by atoms with Gasteiger partial charge >= 0.3 is 0 Å². The summed E-state index contributed by atoms with van der Waals surface area (Å²) >= 11 is 0. The van der Waals surface area contributed by atoms with Crippen LogP contribution in [0.2, 0.25) is 0 Å². The van der Waals surface area contributed by atoms with Gasteiger partial charge in [0.15, 0.2) is 0 Å². The van der Waals surface area contributed by atoms with E-state index in [0.717, 1.165) is 5.82 Å². The lowest BCUT2D eigenvalue weighted by Gasteiger charge is -2.16. The molecule has 8 heteroatoms. The Morgan fingerprint density at radius 3 is 3.21 bits per heavy atom. The van der Waals surface area contributed by atoms with Crippen LogP contribution in [0.15, 0.2) is 12.4 Å². The third kappa shape index (κ3) is 3.30. The average molecular weight is 267 g/mol. The molecule has 8 nitrogen and oxygen atoms in total. The monoisotopic (exact) mass is 267 g/mol. The van der Waals surface area contributed by atoms with Crippen molar-refractivity contribution in [2.75, 3.05) is 13.1 Å². The Bertz CT molecular complexity index is 473. The predicted molar refractivity (Wildman–Crippen MR) is 65.6 cm³/mol. The summed E-state index contributed by atoms with van der Waals surface area (Å²) in [5, 5.41) is 14.9. The van der Waals surface area contributed by atoms with Crippen LogP contribution in [0.25, 0.3) is 0 Å². The van der Waals surface area contributed by atoms with Crippen LogP contribution in [0, 0.1) is 5.92 Å². The molecule has 104 valence electrons. The number of aliphatic hydroxyl groups is 1. The minimum atomic E-state index is -1.36. The summed E-state index contributed by atoms with van der Waals surface area (Å²) in [5.74, 6) is -0.478. The van der Waals surface area contributed by atoms with E-state index in [9.17, 15) is 14.7 Å². The number of primary amides is 1. The fourth-order valence-corrected chi connectivity index (χ4v) is 1.95. The van der Waals surface area contributed by atoms with Gasteiger partial charge in [0.05, 0.1) is 19.0 Å². The number of aromatic nitrogens is 2. The molecule has 5 N–H and O–H groups in total. The maximum atomic E-state index is 12.0. The largest absolute Gasteiger partial charge is 0.381 e. The maximum Gasteiger partial charge on any atom is 0.248 e. The minimum absolute atomic E-state index is 0.165. The molecule has 0 aliphatic carbocycles. The van der Waals surface area contributed by atoms with Gasteiger partial charge < -0.3 is 26.0 Å². The van der Waals surface area contributed by atoms with E-state index < -0.39 is 12.0 Å². The number of nitrogens with one attached hydrogen (secondary N) is 2. The van der Waals surface area contributed by atoms with Crippen molar-refractivity contribution in [3.05, 3.63) is 18.2 Å². The second-order valence-corrected chi connectivity index (χ2v) is 4.49. The average Bonchev–Trinajstić information content (AvgIpc) is 2.72. The fraction of sp³-hybridized carbons (Fsp3) is 0.545. The van der Waals surface area contributed by atoms with Crippen molar-refractivity contribution < 1.29 is 14.7 Å². The number of rotatable bonds is 4. The Morgan fingerprint density at radius 1 is 1.68 bits per heavy atom. The van der Waals surface area contributed by atoms with Crippen LogP contribution in [0.1, 0.15) is 5.82 Å². The Kier molecular flexibility index (Phi) is 4.13. The summed E-state index contributed by atoms with van der Waals surface area (Å²) < 4.78 is 1.91. The fourth-order valence-electron chi connectivity index (χ4n) is 1.95. The zero-order valence-electron chi connectivity index (χ0n) is 10.4. The van der Waals surface area contributed by atoms with E-state index in [1.807, 2.05) is 10.8 Å². The van der Waals surface area contributed by atoms with Gasteiger partial charge in [-0.3, -0.25) is 9.59 Å². The highest BCUT2D eigenvalue weighted by Gasteiger charge is 2.23. The molecule has 0 saturated carbocycles. The Balaban J connectivity index is 1.91. The smallest absolute Gasteiger partial charge is 0.248 e. The summed E-state index contributed by atoms with van der Waals surface area (Å²) in [6.45, 7) is 1.48. The van der Waals surface area contributed by atoms with Gasteiger partial charge in [-0.2, -0.15) is 0 Å². The van der Waals surface area contributed by atoms with Gasteiger partial charge in [-0.25, -0.2) is 4.98 Å². The van der Waals surface area contributed by atoms with Crippen molar-refractivity contribution in [2.45, 2.75) is 19.2 Å². The van der Waals surface area contributed by atoms with E-state index in [1.54, 1.807) is 6.20 Å². The lowest BCUT2D eigenvalue weighted by Crippen LogP contribution is -2.44. The van der Waals surface area contributed by atoms with Crippen molar-refractivity contribution in [1.82, 2.24) is 20.2 Å². The van der Waals surface area contributed by atoms with Crippen LogP contribution >= 0.6 is 0 Å². The number of nitrogens with two attached hydrogens (primary N) is 1. The highest BCUT2D eigenvalue weighted by Crippen LogP contribution is 2.09. The number of aliphatic hydroxyl groups excluding tert-OH is 1. The number of amides is 2. The van der Waals surface area contributed by atoms with E-state index in [2.05, 4.69) is 15.6 Å². The molecule has 0 bridgehead atoms. The highest BCUT2D eigenvalue weighted by molar-refractivity contribution is 5.82. The van der Waals surface area contributed by atoms with E-state index in [0.29, 0.717) is 19.6 Å². The first kappa shape index (κ1) is 13.5. The molecule has 0 spiro atoms. The molecule has 1 aromatic heterocycles. The van der Waals surface area contributed by atoms with E-state index in [-0.39, 0.29) is 18.4 Å². The number of imidazole rings is 1. The molecule has 0 fully saturated rings. The van der Waals surface area contributed by atoms with Gasteiger partial charge in [0.1, 0.15) is 11.9 Å². The second kappa shape index (κ2) is 5.81. The summed E-state index contributed by atoms with van der Waals surface area (Å²) in [5.41, 5.74) is 4.91. The van der Waals surface area contributed by atoms with Crippen LogP contribution in [0.3, 0.4) is 0 Å². The molecule has 2 heterocycles. The SMILES string of the molecule is NC(=O)C(O)CNC(=O)C1CNCc2nccn2C1. The van der Waals surface area contributed by atoms with Crippen molar-refractivity contribution in [1.29, 1.82) is 0 Å². The third-order valence-electron chi connectivity index (χ3n) is 3.06. The molecule has 2 amide bonds. The lowest BCUT2D eigenvalue weighted by molar-refractivity contribution is -0.128. The number of hydrogen-bond donors (Lipinski definition) is 4. The van der Waals surface area contributed by atoms with Crippen molar-refractivity contribution in [3.63, 3.8) is 0 Å². The molecule has 1 aliphatic heterocycles. The van der Waals surface area contributed by atoms with Crippen molar-refractivity contribution in [3.8, 4) is 0 Å². The number of carbonyl (C=O) groups is 2. The van der Waals surface area contributed by atoms with E-state index in [1.165, 1.54) is 0 Å². The summed E-state index contributed by atoms with van der Waals surface area (Å²) in [7, 11) is 0. The van der Waals surface area contributed by atoms with Crippen molar-refractivity contribution in [2.24, 2.45) is 11.7 Å². The molecule has 1 aromatic rings. The standard InChI is InChI=1S/C11H17N5O3/c12-10(18)8(17)4-15-11(19)7-3-13-5-9-14-1-2-16(9)6-7/h1-2,7-8,13,17H,3-6H2,(H2,12,18)(H,15,19). The van der Waals surface area contributed by atoms with Gasteiger partial charge in [-0.15, -0.1) is 0 Å². The minimum Gasteiger partial charge on any atom is -0.381 e. The van der Waals surface area contributed by atoms with Gasteiger partial charge in [0, 0.05) is 25.5 Å². The van der Waals surface area contributed by atoms with E-state index >= 15 is 0 Å². The number of carbonyl (C=O) groups excluding carboxylic acids is 2. The first-order chi connectivity index (χ1) is 9.08. The zero-order valence-corrected chi connectivity index (χ0v) is 10.4. The topological polar surface area (TPSA) is 122 Å². The quantitative estimate of drug-likeness (QED) is 0.483. The van der Waals surface area contributed by atoms with Crippen LogP contribution < -0.4 is 16.4 Å². The lowest BCUT2D eigenvalue weighted by atomic mass is 10.1.